The van der Waals surface area contributed by atoms with Crippen LogP contribution >= 0.6 is 0 Å². The lowest BCUT2D eigenvalue weighted by atomic mass is 10.1. The zero-order valence-electron chi connectivity index (χ0n) is 11.0. The molecule has 2 rings (SSSR count). The Morgan fingerprint density at radius 1 is 1.25 bits per heavy atom. The van der Waals surface area contributed by atoms with Gasteiger partial charge in [0.05, 0.1) is 12.1 Å². The minimum Gasteiger partial charge on any atom is -0.475 e. The van der Waals surface area contributed by atoms with E-state index in [1.165, 1.54) is 12.1 Å². The maximum Gasteiger partial charge on any atom is 0.416 e. The van der Waals surface area contributed by atoms with Gasteiger partial charge in [-0.25, -0.2) is 0 Å². The van der Waals surface area contributed by atoms with E-state index in [2.05, 4.69) is 4.99 Å². The van der Waals surface area contributed by atoms with Crippen LogP contribution in [-0.2, 0) is 17.3 Å². The van der Waals surface area contributed by atoms with Crippen molar-refractivity contribution in [2.75, 3.05) is 13.1 Å². The summed E-state index contributed by atoms with van der Waals surface area (Å²) in [6.07, 6.45) is -2.26. The van der Waals surface area contributed by atoms with Gasteiger partial charge in [0.2, 0.25) is 0 Å². The highest BCUT2D eigenvalue weighted by atomic mass is 19.4. The van der Waals surface area contributed by atoms with Crippen molar-refractivity contribution in [3.8, 4) is 0 Å². The molecular formula is C14H17F3N2O. The largest absolute Gasteiger partial charge is 0.475 e. The van der Waals surface area contributed by atoms with E-state index in [0.717, 1.165) is 30.5 Å². The first-order chi connectivity index (χ1) is 9.49. The Kier molecular flexibility index (Phi) is 4.65. The van der Waals surface area contributed by atoms with Gasteiger partial charge in [-0.3, -0.25) is 4.99 Å². The first kappa shape index (κ1) is 14.8. The summed E-state index contributed by atoms with van der Waals surface area (Å²) in [6, 6.07) is 5.18. The van der Waals surface area contributed by atoms with Gasteiger partial charge in [0.15, 0.2) is 5.90 Å². The summed E-state index contributed by atoms with van der Waals surface area (Å²) < 4.78 is 43.0. The number of hydrogen-bond acceptors (Lipinski definition) is 3. The standard InChI is InChI=1S/C14H17F3N2O/c15-14(16,17)11-5-3-10(4-6-11)8-12-9-19-13(20-12)2-1-7-18/h3-6,12H,1-2,7-9,18H2. The molecule has 3 nitrogen and oxygen atoms in total. The van der Waals surface area contributed by atoms with E-state index >= 15 is 0 Å². The number of hydrogen-bond donors (Lipinski definition) is 1. The molecule has 0 saturated heterocycles. The van der Waals surface area contributed by atoms with Gasteiger partial charge in [-0.2, -0.15) is 13.2 Å². The fraction of sp³-hybridized carbons (Fsp3) is 0.500. The number of ether oxygens (including phenoxy) is 1. The molecule has 110 valence electrons. The first-order valence-electron chi connectivity index (χ1n) is 6.55. The van der Waals surface area contributed by atoms with Crippen molar-refractivity contribution in [2.24, 2.45) is 10.7 Å². The van der Waals surface area contributed by atoms with Crippen LogP contribution in [0.5, 0.6) is 0 Å². The van der Waals surface area contributed by atoms with Crippen molar-refractivity contribution in [2.45, 2.75) is 31.5 Å². The zero-order chi connectivity index (χ0) is 14.6. The number of aliphatic imine (C=N–C) groups is 1. The number of halogens is 3. The first-order valence-corrected chi connectivity index (χ1v) is 6.55. The highest BCUT2D eigenvalue weighted by Crippen LogP contribution is 2.29. The lowest BCUT2D eigenvalue weighted by molar-refractivity contribution is -0.137. The predicted octanol–water partition coefficient (Wildman–Crippen LogP) is 2.78. The van der Waals surface area contributed by atoms with E-state index in [-0.39, 0.29) is 6.10 Å². The molecule has 0 aliphatic carbocycles. The molecule has 1 atom stereocenters. The molecule has 6 heteroatoms. The molecule has 0 amide bonds. The number of rotatable bonds is 5. The SMILES string of the molecule is NCCCC1=NCC(Cc2ccc(C(F)(F)F)cc2)O1. The molecule has 1 aromatic carbocycles. The third-order valence-corrected chi connectivity index (χ3v) is 3.11. The topological polar surface area (TPSA) is 47.6 Å². The Balaban J connectivity index is 1.86. The van der Waals surface area contributed by atoms with Crippen molar-refractivity contribution < 1.29 is 17.9 Å². The van der Waals surface area contributed by atoms with Gasteiger partial charge in [-0.05, 0) is 30.7 Å². The third-order valence-electron chi connectivity index (χ3n) is 3.11. The second-order valence-corrected chi connectivity index (χ2v) is 4.77. The van der Waals surface area contributed by atoms with E-state index < -0.39 is 11.7 Å². The Bertz CT molecular complexity index is 468. The van der Waals surface area contributed by atoms with Gasteiger partial charge in [0, 0.05) is 12.8 Å². The highest BCUT2D eigenvalue weighted by molar-refractivity contribution is 5.77. The fourth-order valence-electron chi connectivity index (χ4n) is 2.06. The van der Waals surface area contributed by atoms with E-state index in [9.17, 15) is 13.2 Å². The van der Waals surface area contributed by atoms with Crippen LogP contribution in [-0.4, -0.2) is 25.1 Å². The van der Waals surface area contributed by atoms with E-state index in [0.29, 0.717) is 25.4 Å². The van der Waals surface area contributed by atoms with Gasteiger partial charge < -0.3 is 10.5 Å². The second-order valence-electron chi connectivity index (χ2n) is 4.77. The van der Waals surface area contributed by atoms with Gasteiger partial charge in [-0.1, -0.05) is 12.1 Å². The van der Waals surface area contributed by atoms with Gasteiger partial charge >= 0.3 is 6.18 Å². The molecule has 20 heavy (non-hydrogen) atoms. The molecule has 1 aromatic rings. The third kappa shape index (κ3) is 3.96. The summed E-state index contributed by atoms with van der Waals surface area (Å²) in [7, 11) is 0. The van der Waals surface area contributed by atoms with Crippen LogP contribution in [0.4, 0.5) is 13.2 Å². The smallest absolute Gasteiger partial charge is 0.416 e. The molecule has 0 aromatic heterocycles. The summed E-state index contributed by atoms with van der Waals surface area (Å²) in [5.41, 5.74) is 5.60. The van der Waals surface area contributed by atoms with Gasteiger partial charge in [0.1, 0.15) is 6.10 Å². The number of nitrogens with two attached hydrogens (primary N) is 1. The summed E-state index contributed by atoms with van der Waals surface area (Å²) in [4.78, 5) is 4.27. The van der Waals surface area contributed by atoms with Crippen molar-refractivity contribution in [3.05, 3.63) is 35.4 Å². The molecule has 1 heterocycles. The Labute approximate surface area is 115 Å². The molecule has 1 aliphatic rings. The normalized spacial score (nSPS) is 18.8. The molecule has 0 spiro atoms. The van der Waals surface area contributed by atoms with E-state index in [1.807, 2.05) is 0 Å². The van der Waals surface area contributed by atoms with E-state index in [4.69, 9.17) is 10.5 Å². The summed E-state index contributed by atoms with van der Waals surface area (Å²) >= 11 is 0. The monoisotopic (exact) mass is 286 g/mol. The number of benzene rings is 1. The highest BCUT2D eigenvalue weighted by Gasteiger charge is 2.30. The number of alkyl halides is 3. The van der Waals surface area contributed by atoms with Crippen molar-refractivity contribution in [1.29, 1.82) is 0 Å². The molecule has 1 aliphatic heterocycles. The Morgan fingerprint density at radius 2 is 1.95 bits per heavy atom. The van der Waals surface area contributed by atoms with Crippen molar-refractivity contribution in [3.63, 3.8) is 0 Å². The van der Waals surface area contributed by atoms with E-state index in [1.54, 1.807) is 0 Å². The fourth-order valence-corrected chi connectivity index (χ4v) is 2.06. The van der Waals surface area contributed by atoms with Crippen molar-refractivity contribution >= 4 is 5.90 Å². The molecule has 0 saturated carbocycles. The lowest BCUT2D eigenvalue weighted by Gasteiger charge is -2.12. The average Bonchev–Trinajstić information content (AvgIpc) is 2.83. The maximum atomic E-state index is 12.4. The maximum absolute atomic E-state index is 12.4. The lowest BCUT2D eigenvalue weighted by Crippen LogP contribution is -2.17. The minimum absolute atomic E-state index is 0.0838. The predicted molar refractivity (Wildman–Crippen MR) is 70.6 cm³/mol. The van der Waals surface area contributed by atoms with Crippen LogP contribution in [0.15, 0.2) is 29.3 Å². The Morgan fingerprint density at radius 3 is 2.55 bits per heavy atom. The van der Waals surface area contributed by atoms with Gasteiger partial charge in [-0.15, -0.1) is 0 Å². The molecule has 0 radical (unpaired) electrons. The second kappa shape index (κ2) is 6.26. The van der Waals surface area contributed by atoms with Crippen LogP contribution < -0.4 is 5.73 Å². The van der Waals surface area contributed by atoms with Crippen LogP contribution in [0.25, 0.3) is 0 Å². The van der Waals surface area contributed by atoms with Crippen molar-refractivity contribution in [1.82, 2.24) is 0 Å². The quantitative estimate of drug-likeness (QED) is 0.904. The van der Waals surface area contributed by atoms with Crippen LogP contribution in [0.2, 0.25) is 0 Å². The molecule has 0 fully saturated rings. The molecule has 2 N–H and O–H groups in total. The summed E-state index contributed by atoms with van der Waals surface area (Å²) in [5, 5.41) is 0. The molecular weight excluding hydrogens is 269 g/mol. The zero-order valence-corrected chi connectivity index (χ0v) is 11.0. The summed E-state index contributed by atoms with van der Waals surface area (Å²) in [6.45, 7) is 1.15. The Hall–Kier alpha value is -1.56. The van der Waals surface area contributed by atoms with Crippen LogP contribution in [0, 0.1) is 0 Å². The average molecular weight is 286 g/mol. The minimum atomic E-state index is -4.29. The van der Waals surface area contributed by atoms with Crippen LogP contribution in [0.3, 0.4) is 0 Å². The van der Waals surface area contributed by atoms with Crippen LogP contribution in [0.1, 0.15) is 24.0 Å². The molecule has 1 unspecified atom stereocenters. The summed E-state index contributed by atoms with van der Waals surface area (Å²) in [5.74, 6) is 0.701. The molecule has 0 bridgehead atoms. The number of nitrogens with zero attached hydrogens (tertiary/aromatic N) is 1. The van der Waals surface area contributed by atoms with Gasteiger partial charge in [0.25, 0.3) is 0 Å².